The molecule has 0 N–H and O–H groups in total. The molecule has 0 atom stereocenters. The predicted molar refractivity (Wildman–Crippen MR) is 99.3 cm³/mol. The highest BCUT2D eigenvalue weighted by molar-refractivity contribution is 6.22. The fraction of sp³-hybridized carbons (Fsp3) is 0.381. The van der Waals surface area contributed by atoms with Gasteiger partial charge in [0.15, 0.2) is 5.78 Å². The summed E-state index contributed by atoms with van der Waals surface area (Å²) < 4.78 is 12.9. The van der Waals surface area contributed by atoms with E-state index >= 15 is 0 Å². The monoisotopic (exact) mass is 357 g/mol. The Hall–Kier alpha value is -2.56. The number of carbonyl (C=O) groups is 2. The molecule has 0 radical (unpaired) electrons. The number of Topliss-reactive ketones (excluding diaryl/α,β-unsaturated/α-hetero) is 1. The fourth-order valence-corrected chi connectivity index (χ4v) is 2.51. The molecule has 1 aromatic rings. The lowest BCUT2D eigenvalue weighted by Gasteiger charge is -2.30. The summed E-state index contributed by atoms with van der Waals surface area (Å²) in [4.78, 5) is 29.9. The van der Waals surface area contributed by atoms with Crippen LogP contribution in [0.15, 0.2) is 52.7 Å². The van der Waals surface area contributed by atoms with Crippen molar-refractivity contribution in [1.82, 2.24) is 0 Å². The van der Waals surface area contributed by atoms with E-state index in [1.165, 1.54) is 24.3 Å². The lowest BCUT2D eigenvalue weighted by molar-refractivity contribution is -0.114. The summed E-state index contributed by atoms with van der Waals surface area (Å²) in [6, 6.07) is 5.01. The minimum atomic E-state index is -0.689. The van der Waals surface area contributed by atoms with Crippen molar-refractivity contribution in [1.29, 1.82) is 0 Å². The Morgan fingerprint density at radius 2 is 1.38 bits per heavy atom. The number of benzene rings is 1. The van der Waals surface area contributed by atoms with Crippen LogP contribution in [0.1, 0.15) is 51.9 Å². The van der Waals surface area contributed by atoms with Gasteiger partial charge in [-0.1, -0.05) is 46.7 Å². The first-order valence-electron chi connectivity index (χ1n) is 8.43. The Kier molecular flexibility index (Phi) is 5.31. The molecule has 0 saturated carbocycles. The van der Waals surface area contributed by atoms with Crippen LogP contribution < -0.4 is 0 Å². The molecule has 138 valence electrons. The lowest BCUT2D eigenvalue weighted by atomic mass is 9.72. The molecule has 0 fully saturated rings. The molecule has 4 nitrogen and oxygen atoms in total. The molecule has 0 aliphatic heterocycles. The number of allylic oxidation sites excluding steroid dienone is 4. The zero-order valence-electron chi connectivity index (χ0n) is 16.0. The van der Waals surface area contributed by atoms with Crippen LogP contribution in [0, 0.1) is 16.6 Å². The fourth-order valence-electron chi connectivity index (χ4n) is 2.51. The van der Waals surface area contributed by atoms with E-state index in [1.807, 2.05) is 41.5 Å². The second-order valence-corrected chi connectivity index (χ2v) is 8.35. The number of oxime groups is 1. The van der Waals surface area contributed by atoms with Gasteiger partial charge in [-0.3, -0.25) is 4.79 Å². The average molecular weight is 357 g/mol. The van der Waals surface area contributed by atoms with E-state index < -0.39 is 11.8 Å². The molecule has 0 unspecified atom stereocenters. The SMILES string of the molecule is CC(C)(C)C1=CC(=NOC(=O)c2ccc(F)cc2)C=C(C(C)(C)C)C1=O. The van der Waals surface area contributed by atoms with Gasteiger partial charge in [-0.25, -0.2) is 9.18 Å². The van der Waals surface area contributed by atoms with Gasteiger partial charge in [-0.15, -0.1) is 0 Å². The second-order valence-electron chi connectivity index (χ2n) is 8.35. The Labute approximate surface area is 153 Å². The van der Waals surface area contributed by atoms with Crippen molar-refractivity contribution in [2.75, 3.05) is 0 Å². The number of halogens is 1. The summed E-state index contributed by atoms with van der Waals surface area (Å²) in [5, 5.41) is 3.91. The molecule has 0 saturated heterocycles. The smallest absolute Gasteiger partial charge is 0.312 e. The Morgan fingerprint density at radius 3 is 1.81 bits per heavy atom. The number of nitrogens with zero attached hydrogens (tertiary/aromatic N) is 1. The van der Waals surface area contributed by atoms with Gasteiger partial charge in [0.05, 0.1) is 5.56 Å². The molecule has 0 spiro atoms. The van der Waals surface area contributed by atoms with E-state index in [2.05, 4.69) is 5.16 Å². The first-order chi connectivity index (χ1) is 11.9. The third-order valence-corrected chi connectivity index (χ3v) is 4.00. The molecular formula is C21H24FNO3. The summed E-state index contributed by atoms with van der Waals surface area (Å²) in [5.41, 5.74) is 1.08. The number of hydrogen-bond donors (Lipinski definition) is 0. The summed E-state index contributed by atoms with van der Waals surface area (Å²) in [6.45, 7) is 11.7. The van der Waals surface area contributed by atoms with Gasteiger partial charge in [0, 0.05) is 11.1 Å². The van der Waals surface area contributed by atoms with Crippen molar-refractivity contribution >= 4 is 17.5 Å². The van der Waals surface area contributed by atoms with Gasteiger partial charge in [0.25, 0.3) is 0 Å². The van der Waals surface area contributed by atoms with E-state index in [0.29, 0.717) is 16.9 Å². The van der Waals surface area contributed by atoms with Crippen molar-refractivity contribution in [3.63, 3.8) is 0 Å². The van der Waals surface area contributed by atoms with Gasteiger partial charge in [-0.05, 0) is 47.2 Å². The Balaban J connectivity index is 2.35. The van der Waals surface area contributed by atoms with E-state index in [1.54, 1.807) is 12.2 Å². The molecular weight excluding hydrogens is 333 g/mol. The van der Waals surface area contributed by atoms with Crippen molar-refractivity contribution in [2.45, 2.75) is 41.5 Å². The van der Waals surface area contributed by atoms with E-state index in [0.717, 1.165) is 0 Å². The van der Waals surface area contributed by atoms with Crippen molar-refractivity contribution in [2.24, 2.45) is 16.0 Å². The third kappa shape index (κ3) is 4.54. The van der Waals surface area contributed by atoms with Gasteiger partial charge >= 0.3 is 5.97 Å². The Bertz CT molecular complexity index is 780. The van der Waals surface area contributed by atoms with Gasteiger partial charge in [0.2, 0.25) is 0 Å². The normalized spacial score (nSPS) is 15.3. The first kappa shape index (κ1) is 19.8. The van der Waals surface area contributed by atoms with Crippen LogP contribution in [0.4, 0.5) is 4.39 Å². The number of hydrogen-bond acceptors (Lipinski definition) is 4. The minimum Gasteiger partial charge on any atom is -0.312 e. The summed E-state index contributed by atoms with van der Waals surface area (Å²) in [6.07, 6.45) is 3.30. The van der Waals surface area contributed by atoms with Crippen LogP contribution in [-0.4, -0.2) is 17.5 Å². The van der Waals surface area contributed by atoms with E-state index in [4.69, 9.17) is 4.84 Å². The third-order valence-electron chi connectivity index (χ3n) is 4.00. The van der Waals surface area contributed by atoms with Crippen LogP contribution >= 0.6 is 0 Å². The Morgan fingerprint density at radius 1 is 0.923 bits per heavy atom. The van der Waals surface area contributed by atoms with E-state index in [9.17, 15) is 14.0 Å². The first-order valence-corrected chi connectivity index (χ1v) is 8.43. The highest BCUT2D eigenvalue weighted by Crippen LogP contribution is 2.37. The summed E-state index contributed by atoms with van der Waals surface area (Å²) in [7, 11) is 0. The maximum Gasteiger partial charge on any atom is 0.365 e. The molecule has 0 amide bonds. The standard InChI is InChI=1S/C21H24FNO3/c1-20(2,3)16-11-15(12-17(18(16)24)21(4,5)6)23-26-19(25)13-7-9-14(22)10-8-13/h7-12H,1-6H3. The van der Waals surface area contributed by atoms with Gasteiger partial charge in [-0.2, -0.15) is 0 Å². The van der Waals surface area contributed by atoms with Gasteiger partial charge < -0.3 is 4.84 Å². The van der Waals surface area contributed by atoms with Gasteiger partial charge in [0.1, 0.15) is 11.5 Å². The quantitative estimate of drug-likeness (QED) is 0.431. The molecule has 0 heterocycles. The summed E-state index contributed by atoms with van der Waals surface area (Å²) >= 11 is 0. The van der Waals surface area contributed by atoms with Crippen molar-refractivity contribution < 1.29 is 18.8 Å². The van der Waals surface area contributed by atoms with Crippen LogP contribution in [-0.2, 0) is 9.63 Å². The number of rotatable bonds is 2. The van der Waals surface area contributed by atoms with Crippen LogP contribution in [0.2, 0.25) is 0 Å². The van der Waals surface area contributed by atoms with Crippen molar-refractivity contribution in [3.8, 4) is 0 Å². The second kappa shape index (κ2) is 6.98. The zero-order valence-corrected chi connectivity index (χ0v) is 16.0. The topological polar surface area (TPSA) is 55.7 Å². The molecule has 0 bridgehead atoms. The molecule has 5 heteroatoms. The van der Waals surface area contributed by atoms with Crippen molar-refractivity contribution in [3.05, 3.63) is 58.9 Å². The average Bonchev–Trinajstić information content (AvgIpc) is 2.52. The number of ketones is 1. The maximum atomic E-state index is 12.9. The highest BCUT2D eigenvalue weighted by atomic mass is 19.1. The highest BCUT2D eigenvalue weighted by Gasteiger charge is 2.34. The minimum absolute atomic E-state index is 0.0196. The summed E-state index contributed by atoms with van der Waals surface area (Å²) in [5.74, 6) is -1.14. The van der Waals surface area contributed by atoms with E-state index in [-0.39, 0.29) is 22.2 Å². The van der Waals surface area contributed by atoms with Crippen LogP contribution in [0.25, 0.3) is 0 Å². The molecule has 26 heavy (non-hydrogen) atoms. The molecule has 0 aromatic heterocycles. The molecule has 1 aliphatic rings. The molecule has 1 aromatic carbocycles. The zero-order chi connectivity index (χ0) is 19.7. The maximum absolute atomic E-state index is 12.9. The van der Waals surface area contributed by atoms with Crippen LogP contribution in [0.3, 0.4) is 0 Å². The lowest BCUT2D eigenvalue weighted by Crippen LogP contribution is -2.29. The molecule has 1 aliphatic carbocycles. The predicted octanol–water partition coefficient (Wildman–Crippen LogP) is 4.87. The largest absolute Gasteiger partial charge is 0.365 e. The van der Waals surface area contributed by atoms with Crippen LogP contribution in [0.5, 0.6) is 0 Å². The number of carbonyl (C=O) groups excluding carboxylic acids is 2. The molecule has 2 rings (SSSR count).